The monoisotopic (exact) mass is 315 g/mol. The molecule has 0 unspecified atom stereocenters. The van der Waals surface area contributed by atoms with Crippen LogP contribution in [0, 0.1) is 20.2 Å². The smallest absolute Gasteiger partial charge is 0.267 e. The number of nitro groups is 2. The fourth-order valence-electron chi connectivity index (χ4n) is 1.62. The van der Waals surface area contributed by atoms with E-state index < -0.39 is 27.1 Å². The van der Waals surface area contributed by atoms with Gasteiger partial charge in [-0.15, -0.1) is 0 Å². The van der Waals surface area contributed by atoms with Gasteiger partial charge in [-0.1, -0.05) is 6.07 Å². The molecular weight excluding hydrogens is 306 g/mol. The highest BCUT2D eigenvalue weighted by atomic mass is 16.6. The van der Waals surface area contributed by atoms with Crippen molar-refractivity contribution in [2.45, 2.75) is 0 Å². The van der Waals surface area contributed by atoms with Crippen molar-refractivity contribution in [1.82, 2.24) is 10.4 Å². The molecule has 0 aliphatic rings. The molecular formula is C13H9N5O5. The molecule has 1 amide bonds. The molecule has 0 saturated heterocycles. The SMILES string of the molecule is O=C(N/N=C\c1cccnc1)c1cc([N+](=O)[O-])cc([N+](=O)[O-])c1. The molecule has 1 aromatic carbocycles. The van der Waals surface area contributed by atoms with Gasteiger partial charge in [-0.25, -0.2) is 5.43 Å². The Morgan fingerprint density at radius 1 is 1.17 bits per heavy atom. The Labute approximate surface area is 128 Å². The fourth-order valence-corrected chi connectivity index (χ4v) is 1.62. The lowest BCUT2D eigenvalue weighted by Gasteiger charge is -2.00. The first-order chi connectivity index (χ1) is 11.0. The van der Waals surface area contributed by atoms with Crippen molar-refractivity contribution >= 4 is 23.5 Å². The third kappa shape index (κ3) is 4.14. The average Bonchev–Trinajstić information content (AvgIpc) is 2.55. The molecule has 0 spiro atoms. The van der Waals surface area contributed by atoms with Gasteiger partial charge in [0.25, 0.3) is 17.3 Å². The lowest BCUT2D eigenvalue weighted by Crippen LogP contribution is -2.18. The average molecular weight is 315 g/mol. The summed E-state index contributed by atoms with van der Waals surface area (Å²) in [6.07, 6.45) is 4.39. The third-order valence-electron chi connectivity index (χ3n) is 2.65. The molecule has 0 fully saturated rings. The number of carbonyl (C=O) groups is 1. The van der Waals surface area contributed by atoms with Crippen molar-refractivity contribution in [2.75, 3.05) is 0 Å². The molecule has 1 N–H and O–H groups in total. The number of nitrogens with one attached hydrogen (secondary N) is 1. The zero-order chi connectivity index (χ0) is 16.8. The molecule has 10 nitrogen and oxygen atoms in total. The first kappa shape index (κ1) is 15.7. The number of non-ortho nitro benzene ring substituents is 2. The third-order valence-corrected chi connectivity index (χ3v) is 2.65. The largest absolute Gasteiger partial charge is 0.277 e. The first-order valence-electron chi connectivity index (χ1n) is 6.14. The zero-order valence-corrected chi connectivity index (χ0v) is 11.4. The normalized spacial score (nSPS) is 10.4. The molecule has 2 rings (SSSR count). The Kier molecular flexibility index (Phi) is 4.67. The van der Waals surface area contributed by atoms with Crippen molar-refractivity contribution in [3.05, 3.63) is 74.1 Å². The van der Waals surface area contributed by atoms with Crippen LogP contribution in [0.15, 0.2) is 47.8 Å². The zero-order valence-electron chi connectivity index (χ0n) is 11.4. The van der Waals surface area contributed by atoms with Crippen LogP contribution in [-0.2, 0) is 0 Å². The van der Waals surface area contributed by atoms with Gasteiger partial charge in [0.05, 0.1) is 27.7 Å². The lowest BCUT2D eigenvalue weighted by molar-refractivity contribution is -0.394. The number of hydrazone groups is 1. The molecule has 23 heavy (non-hydrogen) atoms. The number of carbonyl (C=O) groups excluding carboxylic acids is 1. The van der Waals surface area contributed by atoms with Crippen LogP contribution in [0.2, 0.25) is 0 Å². The number of nitrogens with zero attached hydrogens (tertiary/aromatic N) is 4. The molecule has 0 radical (unpaired) electrons. The topological polar surface area (TPSA) is 141 Å². The molecule has 1 heterocycles. The number of benzene rings is 1. The summed E-state index contributed by atoms with van der Waals surface area (Å²) in [7, 11) is 0. The minimum atomic E-state index is -0.817. The van der Waals surface area contributed by atoms with Crippen molar-refractivity contribution in [2.24, 2.45) is 5.10 Å². The highest BCUT2D eigenvalue weighted by Gasteiger charge is 2.19. The molecule has 0 bridgehead atoms. The van der Waals surface area contributed by atoms with Crippen molar-refractivity contribution in [3.8, 4) is 0 Å². The van der Waals surface area contributed by atoms with E-state index in [0.717, 1.165) is 18.2 Å². The van der Waals surface area contributed by atoms with Gasteiger partial charge >= 0.3 is 0 Å². The lowest BCUT2D eigenvalue weighted by atomic mass is 10.1. The van der Waals surface area contributed by atoms with Gasteiger partial charge in [0, 0.05) is 30.1 Å². The Balaban J connectivity index is 2.20. The van der Waals surface area contributed by atoms with Gasteiger partial charge in [-0.2, -0.15) is 5.10 Å². The van der Waals surface area contributed by atoms with E-state index in [1.165, 1.54) is 12.4 Å². The molecule has 1 aromatic heterocycles. The summed E-state index contributed by atoms with van der Waals surface area (Å²) in [5, 5.41) is 25.2. The summed E-state index contributed by atoms with van der Waals surface area (Å²) in [6.45, 7) is 0. The number of aromatic nitrogens is 1. The van der Waals surface area contributed by atoms with E-state index in [2.05, 4.69) is 15.5 Å². The summed E-state index contributed by atoms with van der Waals surface area (Å²) < 4.78 is 0. The highest BCUT2D eigenvalue weighted by Crippen LogP contribution is 2.22. The Morgan fingerprint density at radius 2 is 1.83 bits per heavy atom. The number of pyridine rings is 1. The number of amides is 1. The molecule has 116 valence electrons. The Bertz CT molecular complexity index is 758. The van der Waals surface area contributed by atoms with Gasteiger partial charge in [0.15, 0.2) is 0 Å². The number of hydrogen-bond donors (Lipinski definition) is 1. The van der Waals surface area contributed by atoms with E-state index in [-0.39, 0.29) is 5.56 Å². The standard InChI is InChI=1S/C13H9N5O5/c19-13(16-15-8-9-2-1-3-14-7-9)10-4-11(17(20)21)6-12(5-10)18(22)23/h1-8H,(H,16,19)/b15-8-. The van der Waals surface area contributed by atoms with Crippen LogP contribution in [0.4, 0.5) is 11.4 Å². The minimum Gasteiger partial charge on any atom is -0.267 e. The Hall–Kier alpha value is -3.69. The summed E-state index contributed by atoms with van der Waals surface area (Å²) >= 11 is 0. The maximum Gasteiger partial charge on any atom is 0.277 e. The van der Waals surface area contributed by atoms with Crippen LogP contribution in [0.25, 0.3) is 0 Å². The van der Waals surface area contributed by atoms with Gasteiger partial charge in [0.2, 0.25) is 0 Å². The number of hydrogen-bond acceptors (Lipinski definition) is 7. The molecule has 0 aliphatic heterocycles. The van der Waals surface area contributed by atoms with Crippen molar-refractivity contribution in [3.63, 3.8) is 0 Å². The van der Waals surface area contributed by atoms with E-state index in [1.807, 2.05) is 0 Å². The van der Waals surface area contributed by atoms with Crippen molar-refractivity contribution in [1.29, 1.82) is 0 Å². The van der Waals surface area contributed by atoms with Gasteiger partial charge < -0.3 is 0 Å². The summed E-state index contributed by atoms with van der Waals surface area (Å²) in [4.78, 5) is 35.6. The van der Waals surface area contributed by atoms with Crippen LogP contribution in [-0.4, -0.2) is 27.0 Å². The second kappa shape index (κ2) is 6.85. The van der Waals surface area contributed by atoms with Crippen LogP contribution >= 0.6 is 0 Å². The van der Waals surface area contributed by atoms with Gasteiger partial charge in [-0.3, -0.25) is 30.0 Å². The Morgan fingerprint density at radius 3 is 2.35 bits per heavy atom. The maximum atomic E-state index is 11.9. The van der Waals surface area contributed by atoms with Gasteiger partial charge in [0.1, 0.15) is 0 Å². The molecule has 10 heteroatoms. The van der Waals surface area contributed by atoms with E-state index in [1.54, 1.807) is 18.3 Å². The minimum absolute atomic E-state index is 0.241. The van der Waals surface area contributed by atoms with Gasteiger partial charge in [-0.05, 0) is 6.07 Å². The molecule has 2 aromatic rings. The van der Waals surface area contributed by atoms with E-state index in [4.69, 9.17) is 0 Å². The predicted octanol–water partition coefficient (Wildman–Crippen LogP) is 1.66. The van der Waals surface area contributed by atoms with E-state index in [9.17, 15) is 25.0 Å². The second-order valence-corrected chi connectivity index (χ2v) is 4.24. The quantitative estimate of drug-likeness (QED) is 0.505. The van der Waals surface area contributed by atoms with Crippen LogP contribution in [0.1, 0.15) is 15.9 Å². The predicted molar refractivity (Wildman–Crippen MR) is 79.0 cm³/mol. The first-order valence-corrected chi connectivity index (χ1v) is 6.14. The van der Waals surface area contributed by atoms with E-state index in [0.29, 0.717) is 5.56 Å². The van der Waals surface area contributed by atoms with Crippen LogP contribution in [0.5, 0.6) is 0 Å². The van der Waals surface area contributed by atoms with Crippen LogP contribution < -0.4 is 5.43 Å². The summed E-state index contributed by atoms with van der Waals surface area (Å²) in [6, 6.07) is 6.01. The molecule has 0 atom stereocenters. The summed E-state index contributed by atoms with van der Waals surface area (Å²) in [5.41, 5.74) is 1.41. The maximum absolute atomic E-state index is 11.9. The summed E-state index contributed by atoms with van der Waals surface area (Å²) in [5.74, 6) is -0.808. The van der Waals surface area contributed by atoms with E-state index >= 15 is 0 Å². The molecule has 0 saturated carbocycles. The van der Waals surface area contributed by atoms with Crippen LogP contribution in [0.3, 0.4) is 0 Å². The number of rotatable bonds is 5. The van der Waals surface area contributed by atoms with Crippen molar-refractivity contribution < 1.29 is 14.6 Å². The fraction of sp³-hybridized carbons (Fsp3) is 0. The molecule has 0 aliphatic carbocycles. The highest BCUT2D eigenvalue weighted by molar-refractivity contribution is 5.96. The number of nitro benzene ring substituents is 2. The second-order valence-electron chi connectivity index (χ2n) is 4.24.